The molecular weight excluding hydrogens is 276 g/mol. The Balaban J connectivity index is 2.36. The van der Waals surface area contributed by atoms with Gasteiger partial charge < -0.3 is 5.73 Å². The number of hydrogen-bond acceptors (Lipinski definition) is 4. The Morgan fingerprint density at radius 2 is 2.05 bits per heavy atom. The van der Waals surface area contributed by atoms with Gasteiger partial charge in [0.2, 0.25) is 0 Å². The number of hydrogen-bond donors (Lipinski definition) is 1. The Morgan fingerprint density at radius 3 is 2.60 bits per heavy atom. The standard InChI is InChI=1S/C13H18N4O2S/c1-10(11-5-4-6-12(14)9-11)17(3)20(18,19)13-7-8-15-16(13)2/h4-10H,14H2,1-3H3. The zero-order valence-electron chi connectivity index (χ0n) is 11.7. The summed E-state index contributed by atoms with van der Waals surface area (Å²) in [5, 5.41) is 4.07. The molecule has 1 aromatic carbocycles. The first-order valence-electron chi connectivity index (χ1n) is 6.15. The molecule has 0 saturated carbocycles. The van der Waals surface area contributed by atoms with E-state index in [-0.39, 0.29) is 11.1 Å². The number of nitrogen functional groups attached to an aromatic ring is 1. The summed E-state index contributed by atoms with van der Waals surface area (Å²) in [6.45, 7) is 1.82. The minimum atomic E-state index is -3.59. The van der Waals surface area contributed by atoms with Crippen LogP contribution in [0.1, 0.15) is 18.5 Å². The molecule has 2 aromatic rings. The first-order valence-corrected chi connectivity index (χ1v) is 7.59. The van der Waals surface area contributed by atoms with Crippen molar-refractivity contribution >= 4 is 15.7 Å². The number of aryl methyl sites for hydroxylation is 1. The van der Waals surface area contributed by atoms with Crippen LogP contribution >= 0.6 is 0 Å². The van der Waals surface area contributed by atoms with Crippen LogP contribution in [0.5, 0.6) is 0 Å². The Bertz CT molecular complexity index is 709. The molecule has 7 heteroatoms. The van der Waals surface area contributed by atoms with Crippen molar-refractivity contribution in [1.82, 2.24) is 14.1 Å². The molecule has 1 aromatic heterocycles. The van der Waals surface area contributed by atoms with Gasteiger partial charge in [0.05, 0.1) is 6.20 Å². The number of rotatable bonds is 4. The highest BCUT2D eigenvalue weighted by molar-refractivity contribution is 7.89. The second-order valence-electron chi connectivity index (χ2n) is 4.66. The maximum Gasteiger partial charge on any atom is 0.260 e. The average molecular weight is 294 g/mol. The van der Waals surface area contributed by atoms with Gasteiger partial charge in [-0.3, -0.25) is 4.68 Å². The number of sulfonamides is 1. The molecule has 20 heavy (non-hydrogen) atoms. The Hall–Kier alpha value is -1.86. The van der Waals surface area contributed by atoms with Gasteiger partial charge in [0.1, 0.15) is 0 Å². The zero-order chi connectivity index (χ0) is 14.9. The Labute approximate surface area is 118 Å². The fourth-order valence-corrected chi connectivity index (χ4v) is 3.45. The van der Waals surface area contributed by atoms with E-state index in [0.29, 0.717) is 5.69 Å². The fourth-order valence-electron chi connectivity index (χ4n) is 2.00. The van der Waals surface area contributed by atoms with Crippen molar-refractivity contribution < 1.29 is 8.42 Å². The van der Waals surface area contributed by atoms with Gasteiger partial charge in [-0.2, -0.15) is 9.40 Å². The molecule has 0 radical (unpaired) electrons. The molecule has 0 aliphatic carbocycles. The highest BCUT2D eigenvalue weighted by Crippen LogP contribution is 2.26. The number of nitrogens with two attached hydrogens (primary N) is 1. The van der Waals surface area contributed by atoms with Crippen molar-refractivity contribution in [3.63, 3.8) is 0 Å². The summed E-state index contributed by atoms with van der Waals surface area (Å²) >= 11 is 0. The number of benzene rings is 1. The van der Waals surface area contributed by atoms with E-state index in [2.05, 4.69) is 5.10 Å². The summed E-state index contributed by atoms with van der Waals surface area (Å²) in [7, 11) is -0.439. The highest BCUT2D eigenvalue weighted by atomic mass is 32.2. The second-order valence-corrected chi connectivity index (χ2v) is 6.60. The van der Waals surface area contributed by atoms with Crippen molar-refractivity contribution in [2.45, 2.75) is 18.0 Å². The van der Waals surface area contributed by atoms with Crippen LogP contribution in [0.3, 0.4) is 0 Å². The van der Waals surface area contributed by atoms with Gasteiger partial charge in [0.25, 0.3) is 10.0 Å². The SMILES string of the molecule is CC(c1cccc(N)c1)N(C)S(=O)(=O)c1ccnn1C. The van der Waals surface area contributed by atoms with E-state index in [1.54, 1.807) is 26.2 Å². The van der Waals surface area contributed by atoms with Crippen LogP contribution in [0.2, 0.25) is 0 Å². The zero-order valence-corrected chi connectivity index (χ0v) is 12.5. The molecule has 6 nitrogen and oxygen atoms in total. The molecule has 0 saturated heterocycles. The van der Waals surface area contributed by atoms with Crippen LogP contribution in [0.4, 0.5) is 5.69 Å². The minimum absolute atomic E-state index is 0.163. The third-order valence-electron chi connectivity index (χ3n) is 3.36. The topological polar surface area (TPSA) is 81.2 Å². The summed E-state index contributed by atoms with van der Waals surface area (Å²) in [5.74, 6) is 0. The first-order chi connectivity index (χ1) is 9.34. The monoisotopic (exact) mass is 294 g/mol. The third kappa shape index (κ3) is 2.54. The van der Waals surface area contributed by atoms with Crippen LogP contribution in [0.25, 0.3) is 0 Å². The molecule has 0 fully saturated rings. The lowest BCUT2D eigenvalue weighted by atomic mass is 10.1. The minimum Gasteiger partial charge on any atom is -0.399 e. The fraction of sp³-hybridized carbons (Fsp3) is 0.308. The smallest absolute Gasteiger partial charge is 0.260 e. The molecule has 0 spiro atoms. The molecule has 0 aliphatic heterocycles. The van der Waals surface area contributed by atoms with Gasteiger partial charge in [-0.05, 0) is 30.7 Å². The van der Waals surface area contributed by atoms with Crippen LogP contribution in [-0.2, 0) is 17.1 Å². The van der Waals surface area contributed by atoms with Crippen molar-refractivity contribution in [2.75, 3.05) is 12.8 Å². The Morgan fingerprint density at radius 1 is 1.35 bits per heavy atom. The Kier molecular flexibility index (Phi) is 3.82. The number of aromatic nitrogens is 2. The summed E-state index contributed by atoms with van der Waals surface area (Å²) < 4.78 is 27.8. The lowest BCUT2D eigenvalue weighted by Crippen LogP contribution is -2.31. The summed E-state index contributed by atoms with van der Waals surface area (Å²) in [4.78, 5) is 0. The molecule has 1 unspecified atom stereocenters. The van der Waals surface area contributed by atoms with E-state index in [4.69, 9.17) is 5.73 Å². The lowest BCUT2D eigenvalue weighted by Gasteiger charge is -2.24. The molecule has 108 valence electrons. The molecule has 1 heterocycles. The molecule has 0 bridgehead atoms. The van der Waals surface area contributed by atoms with Gasteiger partial charge >= 0.3 is 0 Å². The lowest BCUT2D eigenvalue weighted by molar-refractivity contribution is 0.393. The van der Waals surface area contributed by atoms with Crippen molar-refractivity contribution in [3.05, 3.63) is 42.1 Å². The number of anilines is 1. The van der Waals surface area contributed by atoms with Crippen molar-refractivity contribution in [3.8, 4) is 0 Å². The van der Waals surface area contributed by atoms with E-state index >= 15 is 0 Å². The van der Waals surface area contributed by atoms with Crippen molar-refractivity contribution in [1.29, 1.82) is 0 Å². The predicted octanol–water partition coefficient (Wildman–Crippen LogP) is 1.38. The maximum absolute atomic E-state index is 12.5. The first kappa shape index (κ1) is 14.5. The third-order valence-corrected chi connectivity index (χ3v) is 5.36. The van der Waals surface area contributed by atoms with Crippen LogP contribution in [0, 0.1) is 0 Å². The maximum atomic E-state index is 12.5. The van der Waals surface area contributed by atoms with E-state index in [0.717, 1.165) is 5.56 Å². The molecule has 1 atom stereocenters. The van der Waals surface area contributed by atoms with Crippen molar-refractivity contribution in [2.24, 2.45) is 7.05 Å². The second kappa shape index (κ2) is 5.26. The van der Waals surface area contributed by atoms with E-state index in [9.17, 15) is 8.42 Å². The van der Waals surface area contributed by atoms with Gasteiger partial charge in [0, 0.05) is 25.8 Å². The largest absolute Gasteiger partial charge is 0.399 e. The summed E-state index contributed by atoms with van der Waals surface area (Å²) in [5.41, 5.74) is 7.20. The van der Waals surface area contributed by atoms with Crippen LogP contribution in [0.15, 0.2) is 41.6 Å². The highest BCUT2D eigenvalue weighted by Gasteiger charge is 2.28. The molecule has 2 rings (SSSR count). The quantitative estimate of drug-likeness (QED) is 0.864. The molecule has 0 aliphatic rings. The molecule has 2 N–H and O–H groups in total. The van der Waals surface area contributed by atoms with Gasteiger partial charge in [-0.1, -0.05) is 12.1 Å². The van der Waals surface area contributed by atoms with E-state index < -0.39 is 10.0 Å². The van der Waals surface area contributed by atoms with Gasteiger partial charge in [-0.15, -0.1) is 0 Å². The van der Waals surface area contributed by atoms with Crippen LogP contribution in [-0.4, -0.2) is 29.6 Å². The van der Waals surface area contributed by atoms with Crippen LogP contribution < -0.4 is 5.73 Å². The molecular formula is C13H18N4O2S. The molecule has 0 amide bonds. The summed E-state index contributed by atoms with van der Waals surface area (Å²) in [6, 6.07) is 8.38. The normalized spacial score (nSPS) is 13.6. The van der Waals surface area contributed by atoms with Gasteiger partial charge in [0.15, 0.2) is 5.03 Å². The van der Waals surface area contributed by atoms with Gasteiger partial charge in [-0.25, -0.2) is 8.42 Å². The van der Waals surface area contributed by atoms with E-state index in [1.165, 1.54) is 21.3 Å². The number of nitrogens with zero attached hydrogens (tertiary/aromatic N) is 3. The predicted molar refractivity (Wildman–Crippen MR) is 77.4 cm³/mol. The van der Waals surface area contributed by atoms with E-state index in [1.807, 2.05) is 19.1 Å². The summed E-state index contributed by atoms with van der Waals surface area (Å²) in [6.07, 6.45) is 1.46. The average Bonchev–Trinajstić information content (AvgIpc) is 2.84.